The van der Waals surface area contributed by atoms with Crippen molar-refractivity contribution >= 4 is 23.2 Å². The second-order valence-corrected chi connectivity index (χ2v) is 9.63. The largest absolute Gasteiger partial charge is 0.481 e. The van der Waals surface area contributed by atoms with Crippen LogP contribution in [-0.2, 0) is 0 Å². The zero-order chi connectivity index (χ0) is 23.8. The Morgan fingerprint density at radius 3 is 2.59 bits per heavy atom. The van der Waals surface area contributed by atoms with Gasteiger partial charge in [0.25, 0.3) is 0 Å². The number of anilines is 2. The third-order valence-corrected chi connectivity index (χ3v) is 6.77. The van der Waals surface area contributed by atoms with E-state index in [9.17, 15) is 4.39 Å². The molecule has 3 atom stereocenters. The molecule has 2 bridgehead atoms. The molecule has 0 amide bonds. The van der Waals surface area contributed by atoms with Crippen LogP contribution in [-0.4, -0.2) is 46.0 Å². The zero-order valence-corrected chi connectivity index (χ0v) is 20.2. The molecule has 1 unspecified atom stereocenters. The van der Waals surface area contributed by atoms with Gasteiger partial charge in [0, 0.05) is 48.2 Å². The standard InChI is InChI=1S/C24H28ClFN6O2/c1-14(2)32-24(34-20-9-17(25)8-18(26)10-20)29-23(30-32)28-22-15-4-5-16(22)13-31(12-15)19-6-7-27-21(11-19)33-3/h6-11,14-16,22H,4-5,12-13H2,1-3H3,(H,28,30)/t15-,16+,22?. The molecule has 1 aliphatic heterocycles. The van der Waals surface area contributed by atoms with E-state index in [0.717, 1.165) is 31.6 Å². The van der Waals surface area contributed by atoms with Crippen molar-refractivity contribution in [2.45, 2.75) is 38.8 Å². The number of aromatic nitrogens is 4. The van der Waals surface area contributed by atoms with Gasteiger partial charge < -0.3 is 19.7 Å². The van der Waals surface area contributed by atoms with Gasteiger partial charge in [-0.3, -0.25) is 0 Å². The van der Waals surface area contributed by atoms with Crippen molar-refractivity contribution in [3.05, 3.63) is 47.4 Å². The SMILES string of the molecule is COc1cc(N2C[C@H]3CC[C@@H](C2)C3Nc2nc(Oc3cc(F)cc(Cl)c3)n(C(C)C)n2)ccn1. The fourth-order valence-electron chi connectivity index (χ4n) is 4.99. The Balaban J connectivity index is 1.32. The molecule has 1 aliphatic carbocycles. The van der Waals surface area contributed by atoms with Crippen molar-refractivity contribution in [2.75, 3.05) is 30.4 Å². The highest BCUT2D eigenvalue weighted by molar-refractivity contribution is 6.30. The van der Waals surface area contributed by atoms with Gasteiger partial charge in [-0.2, -0.15) is 4.98 Å². The van der Waals surface area contributed by atoms with Gasteiger partial charge >= 0.3 is 6.01 Å². The average molecular weight is 487 g/mol. The average Bonchev–Trinajstić information content (AvgIpc) is 3.29. The molecule has 1 aromatic carbocycles. The van der Waals surface area contributed by atoms with Crippen LogP contribution in [0.1, 0.15) is 32.7 Å². The number of methoxy groups -OCH3 is 1. The number of pyridine rings is 1. The number of piperidine rings is 1. The fraction of sp³-hybridized carbons (Fsp3) is 0.458. The van der Waals surface area contributed by atoms with Crippen LogP contribution in [0.5, 0.6) is 17.6 Å². The van der Waals surface area contributed by atoms with Gasteiger partial charge in [0.2, 0.25) is 11.8 Å². The van der Waals surface area contributed by atoms with Crippen molar-refractivity contribution in [1.82, 2.24) is 19.7 Å². The first-order valence-corrected chi connectivity index (χ1v) is 11.9. The van der Waals surface area contributed by atoms with E-state index in [1.165, 1.54) is 12.1 Å². The Hall–Kier alpha value is -3.07. The molecular weight excluding hydrogens is 459 g/mol. The molecule has 2 aliphatic rings. The summed E-state index contributed by atoms with van der Waals surface area (Å²) in [5.74, 6) is 1.90. The monoisotopic (exact) mass is 486 g/mol. The first kappa shape index (κ1) is 22.7. The minimum atomic E-state index is -0.466. The Bertz CT molecular complexity index is 1140. The van der Waals surface area contributed by atoms with Crippen molar-refractivity contribution < 1.29 is 13.9 Å². The van der Waals surface area contributed by atoms with E-state index in [-0.39, 0.29) is 22.9 Å². The number of ether oxygens (including phenoxy) is 2. The summed E-state index contributed by atoms with van der Waals surface area (Å²) < 4.78 is 26.6. The van der Waals surface area contributed by atoms with Gasteiger partial charge in [0.15, 0.2) is 0 Å². The zero-order valence-electron chi connectivity index (χ0n) is 19.4. The molecule has 1 saturated carbocycles. The van der Waals surface area contributed by atoms with E-state index in [2.05, 4.69) is 25.3 Å². The van der Waals surface area contributed by atoms with Crippen molar-refractivity contribution in [2.24, 2.45) is 11.8 Å². The first-order valence-electron chi connectivity index (χ1n) is 11.5. The van der Waals surface area contributed by atoms with Gasteiger partial charge in [-0.1, -0.05) is 11.6 Å². The quantitative estimate of drug-likeness (QED) is 0.493. The summed E-state index contributed by atoms with van der Waals surface area (Å²) in [6, 6.07) is 8.68. The Labute approximate surface area is 203 Å². The molecule has 1 N–H and O–H groups in total. The topological polar surface area (TPSA) is 77.3 Å². The number of nitrogens with zero attached hydrogens (tertiary/aromatic N) is 5. The molecule has 1 saturated heterocycles. The van der Waals surface area contributed by atoms with Crippen LogP contribution in [0.15, 0.2) is 36.5 Å². The first-order chi connectivity index (χ1) is 16.4. The minimum absolute atomic E-state index is 0.0160. The Morgan fingerprint density at radius 2 is 1.91 bits per heavy atom. The van der Waals surface area contributed by atoms with Gasteiger partial charge in [-0.15, -0.1) is 5.10 Å². The third kappa shape index (κ3) is 4.61. The summed E-state index contributed by atoms with van der Waals surface area (Å²) in [6.45, 7) is 5.87. The molecule has 2 fully saturated rings. The maximum atomic E-state index is 13.8. The number of benzene rings is 1. The maximum absolute atomic E-state index is 13.8. The highest BCUT2D eigenvalue weighted by Gasteiger charge is 2.42. The Kier molecular flexibility index (Phi) is 6.20. The molecular formula is C24H28ClFN6O2. The highest BCUT2D eigenvalue weighted by atomic mass is 35.5. The van der Waals surface area contributed by atoms with E-state index < -0.39 is 5.82 Å². The van der Waals surface area contributed by atoms with Crippen molar-refractivity contribution in [3.63, 3.8) is 0 Å². The van der Waals surface area contributed by atoms with E-state index in [1.807, 2.05) is 26.0 Å². The third-order valence-electron chi connectivity index (χ3n) is 6.56. The molecule has 3 heterocycles. The number of rotatable bonds is 7. The lowest BCUT2D eigenvalue weighted by Gasteiger charge is -2.39. The van der Waals surface area contributed by atoms with E-state index in [0.29, 0.717) is 29.7 Å². The van der Waals surface area contributed by atoms with E-state index in [4.69, 9.17) is 21.1 Å². The number of hydrogen-bond donors (Lipinski definition) is 1. The summed E-state index contributed by atoms with van der Waals surface area (Å²) >= 11 is 5.98. The molecule has 2 aromatic heterocycles. The fourth-order valence-corrected chi connectivity index (χ4v) is 5.21. The second-order valence-electron chi connectivity index (χ2n) is 9.19. The number of hydrogen-bond acceptors (Lipinski definition) is 7. The van der Waals surface area contributed by atoms with Crippen LogP contribution in [0.2, 0.25) is 5.02 Å². The normalized spacial score (nSPS) is 21.7. The van der Waals surface area contributed by atoms with Crippen LogP contribution < -0.4 is 19.7 Å². The molecule has 0 radical (unpaired) electrons. The molecule has 5 rings (SSSR count). The van der Waals surface area contributed by atoms with Crippen LogP contribution >= 0.6 is 11.6 Å². The molecule has 8 nitrogen and oxygen atoms in total. The Morgan fingerprint density at radius 1 is 1.15 bits per heavy atom. The molecule has 0 spiro atoms. The van der Waals surface area contributed by atoms with Crippen LogP contribution in [0.4, 0.5) is 16.0 Å². The predicted octanol–water partition coefficient (Wildman–Crippen LogP) is 5.17. The van der Waals surface area contributed by atoms with Crippen LogP contribution in [0.25, 0.3) is 0 Å². The lowest BCUT2D eigenvalue weighted by atomic mass is 9.92. The summed E-state index contributed by atoms with van der Waals surface area (Å²) in [7, 11) is 1.64. The second kappa shape index (κ2) is 9.29. The minimum Gasteiger partial charge on any atom is -0.481 e. The van der Waals surface area contributed by atoms with Crippen LogP contribution in [0, 0.1) is 17.7 Å². The molecule has 10 heteroatoms. The predicted molar refractivity (Wildman–Crippen MR) is 129 cm³/mol. The summed E-state index contributed by atoms with van der Waals surface area (Å²) in [6.07, 6.45) is 4.09. The summed E-state index contributed by atoms with van der Waals surface area (Å²) in [5, 5.41) is 8.48. The lowest BCUT2D eigenvalue weighted by molar-refractivity contribution is 0.372. The summed E-state index contributed by atoms with van der Waals surface area (Å²) in [5.41, 5.74) is 1.13. The highest BCUT2D eigenvalue weighted by Crippen LogP contribution is 2.40. The van der Waals surface area contributed by atoms with E-state index >= 15 is 0 Å². The number of fused-ring (bicyclic) bond motifs is 2. The maximum Gasteiger partial charge on any atom is 0.322 e. The summed E-state index contributed by atoms with van der Waals surface area (Å²) in [4.78, 5) is 11.2. The molecule has 180 valence electrons. The number of nitrogens with one attached hydrogen (secondary N) is 1. The van der Waals surface area contributed by atoms with Gasteiger partial charge in [-0.05, 0) is 56.7 Å². The smallest absolute Gasteiger partial charge is 0.322 e. The van der Waals surface area contributed by atoms with Crippen molar-refractivity contribution in [1.29, 1.82) is 0 Å². The molecule has 3 aromatic rings. The number of halogens is 2. The van der Waals surface area contributed by atoms with Gasteiger partial charge in [0.05, 0.1) is 13.2 Å². The van der Waals surface area contributed by atoms with Crippen LogP contribution in [0.3, 0.4) is 0 Å². The lowest BCUT2D eigenvalue weighted by Crippen LogP contribution is -2.48. The van der Waals surface area contributed by atoms with Crippen molar-refractivity contribution in [3.8, 4) is 17.6 Å². The molecule has 34 heavy (non-hydrogen) atoms. The van der Waals surface area contributed by atoms with Gasteiger partial charge in [0.1, 0.15) is 11.6 Å². The van der Waals surface area contributed by atoms with E-state index in [1.54, 1.807) is 24.1 Å². The van der Waals surface area contributed by atoms with Gasteiger partial charge in [-0.25, -0.2) is 14.1 Å².